The Morgan fingerprint density at radius 3 is 2.63 bits per heavy atom. The van der Waals surface area contributed by atoms with E-state index in [9.17, 15) is 5.11 Å². The fourth-order valence-electron chi connectivity index (χ4n) is 2.87. The number of aromatic nitrogens is 2. The summed E-state index contributed by atoms with van der Waals surface area (Å²) in [5.41, 5.74) is 1.12. The average molecular weight is 423 g/mol. The van der Waals surface area contributed by atoms with Gasteiger partial charge in [-0.3, -0.25) is 0 Å². The molecule has 0 amide bonds. The maximum Gasteiger partial charge on any atom is 0.276 e. The molecule has 0 aliphatic heterocycles. The zero-order chi connectivity index (χ0) is 20.8. The number of ether oxygens (including phenoxy) is 2. The molecular weight excluding hydrogens is 400 g/mol. The van der Waals surface area contributed by atoms with E-state index < -0.39 is 6.10 Å². The van der Waals surface area contributed by atoms with Gasteiger partial charge in [-0.05, 0) is 47.5 Å². The van der Waals surface area contributed by atoms with Gasteiger partial charge in [-0.15, -0.1) is 10.2 Å². The molecule has 6 nitrogen and oxygen atoms in total. The van der Waals surface area contributed by atoms with Crippen molar-refractivity contribution in [1.82, 2.24) is 10.2 Å². The van der Waals surface area contributed by atoms with Gasteiger partial charge in [0.25, 0.3) is 11.1 Å². The van der Waals surface area contributed by atoms with Crippen LogP contribution in [0.25, 0.3) is 10.8 Å². The first kappa shape index (κ1) is 20.3. The molecule has 30 heavy (non-hydrogen) atoms. The largest absolute Gasteiger partial charge is 0.491 e. The van der Waals surface area contributed by atoms with Gasteiger partial charge in [0.2, 0.25) is 0 Å². The van der Waals surface area contributed by atoms with Gasteiger partial charge in [0.15, 0.2) is 6.61 Å². The van der Waals surface area contributed by atoms with Crippen LogP contribution in [0.2, 0.25) is 0 Å². The second-order valence-corrected chi connectivity index (χ2v) is 7.82. The molecule has 0 bridgehead atoms. The maximum absolute atomic E-state index is 10.2. The van der Waals surface area contributed by atoms with Crippen molar-refractivity contribution in [2.45, 2.75) is 24.9 Å². The van der Waals surface area contributed by atoms with E-state index in [1.165, 1.54) is 11.8 Å². The van der Waals surface area contributed by atoms with Crippen LogP contribution in [-0.2, 0) is 6.61 Å². The second kappa shape index (κ2) is 9.65. The van der Waals surface area contributed by atoms with Crippen molar-refractivity contribution in [3.63, 3.8) is 0 Å². The number of hydrogen-bond acceptors (Lipinski definition) is 7. The van der Waals surface area contributed by atoms with Crippen LogP contribution < -0.4 is 9.47 Å². The highest BCUT2D eigenvalue weighted by atomic mass is 32.2. The smallest absolute Gasteiger partial charge is 0.276 e. The molecule has 4 aromatic rings. The van der Waals surface area contributed by atoms with Crippen LogP contribution in [0.15, 0.2) is 76.4 Å². The molecule has 0 aliphatic carbocycles. The van der Waals surface area contributed by atoms with Gasteiger partial charge < -0.3 is 19.0 Å². The SMILES string of the molecule is Cc1cccc(OCc2nnc(SCC(O)COc3ccc4ccccc4c3)o2)c1. The van der Waals surface area contributed by atoms with Crippen LogP contribution in [0.5, 0.6) is 11.5 Å². The van der Waals surface area contributed by atoms with Crippen molar-refractivity contribution in [2.75, 3.05) is 12.4 Å². The van der Waals surface area contributed by atoms with Gasteiger partial charge in [-0.25, -0.2) is 0 Å². The van der Waals surface area contributed by atoms with E-state index in [1.807, 2.05) is 67.6 Å². The fourth-order valence-corrected chi connectivity index (χ4v) is 3.56. The number of thioether (sulfide) groups is 1. The van der Waals surface area contributed by atoms with E-state index in [4.69, 9.17) is 13.9 Å². The second-order valence-electron chi connectivity index (χ2n) is 6.85. The molecule has 0 aliphatic rings. The third-order valence-corrected chi connectivity index (χ3v) is 5.33. The zero-order valence-corrected chi connectivity index (χ0v) is 17.3. The van der Waals surface area contributed by atoms with Crippen LogP contribution in [0.1, 0.15) is 11.5 Å². The topological polar surface area (TPSA) is 77.6 Å². The molecule has 0 radical (unpaired) electrons. The van der Waals surface area contributed by atoms with Gasteiger partial charge in [-0.1, -0.05) is 54.2 Å². The minimum absolute atomic E-state index is 0.183. The lowest BCUT2D eigenvalue weighted by atomic mass is 10.1. The lowest BCUT2D eigenvalue weighted by Crippen LogP contribution is -2.20. The summed E-state index contributed by atoms with van der Waals surface area (Å²) in [6.07, 6.45) is -0.666. The van der Waals surface area contributed by atoms with Gasteiger partial charge >= 0.3 is 0 Å². The molecule has 1 N–H and O–H groups in total. The van der Waals surface area contributed by atoms with Gasteiger partial charge in [0.1, 0.15) is 18.1 Å². The summed E-state index contributed by atoms with van der Waals surface area (Å²) < 4.78 is 16.9. The van der Waals surface area contributed by atoms with Crippen LogP contribution in [0.3, 0.4) is 0 Å². The molecule has 0 fully saturated rings. The van der Waals surface area contributed by atoms with E-state index in [0.717, 1.165) is 27.8 Å². The summed E-state index contributed by atoms with van der Waals surface area (Å²) in [5, 5.41) is 20.8. The molecule has 3 aromatic carbocycles. The van der Waals surface area contributed by atoms with E-state index in [1.54, 1.807) is 0 Å². The summed E-state index contributed by atoms with van der Waals surface area (Å²) >= 11 is 1.29. The highest BCUT2D eigenvalue weighted by molar-refractivity contribution is 7.99. The first-order valence-corrected chi connectivity index (χ1v) is 10.6. The van der Waals surface area contributed by atoms with Crippen molar-refractivity contribution in [2.24, 2.45) is 0 Å². The van der Waals surface area contributed by atoms with Crippen molar-refractivity contribution >= 4 is 22.5 Å². The highest BCUT2D eigenvalue weighted by Crippen LogP contribution is 2.22. The number of benzene rings is 3. The Bertz CT molecular complexity index is 1120. The predicted molar refractivity (Wildman–Crippen MR) is 116 cm³/mol. The van der Waals surface area contributed by atoms with Crippen molar-refractivity contribution in [3.05, 3.63) is 78.2 Å². The molecular formula is C23H22N2O4S. The monoisotopic (exact) mass is 422 g/mol. The Labute approximate surface area is 178 Å². The number of aryl methyl sites for hydroxylation is 1. The van der Waals surface area contributed by atoms with E-state index >= 15 is 0 Å². The number of aliphatic hydroxyl groups is 1. The van der Waals surface area contributed by atoms with Crippen LogP contribution in [-0.4, -0.2) is 33.8 Å². The summed E-state index contributed by atoms with van der Waals surface area (Å²) in [6, 6.07) is 21.7. The molecule has 154 valence electrons. The molecule has 1 aromatic heterocycles. The minimum atomic E-state index is -0.666. The predicted octanol–water partition coefficient (Wildman–Crippen LogP) is 4.64. The highest BCUT2D eigenvalue weighted by Gasteiger charge is 2.12. The van der Waals surface area contributed by atoms with Gasteiger partial charge in [0.05, 0.1) is 6.10 Å². The molecule has 0 saturated carbocycles. The molecule has 1 atom stereocenters. The summed E-state index contributed by atoms with van der Waals surface area (Å²) in [7, 11) is 0. The molecule has 4 rings (SSSR count). The first-order valence-electron chi connectivity index (χ1n) is 9.60. The first-order chi connectivity index (χ1) is 14.7. The van der Waals surface area contributed by atoms with Gasteiger partial charge in [0, 0.05) is 5.75 Å². The fraction of sp³-hybridized carbons (Fsp3) is 0.217. The number of aliphatic hydroxyl groups excluding tert-OH is 1. The molecule has 0 saturated heterocycles. The summed E-state index contributed by atoms with van der Waals surface area (Å²) in [6.45, 7) is 2.39. The molecule has 1 heterocycles. The van der Waals surface area contributed by atoms with E-state index in [0.29, 0.717) is 16.9 Å². The quantitative estimate of drug-likeness (QED) is 0.394. The van der Waals surface area contributed by atoms with Crippen LogP contribution in [0, 0.1) is 6.92 Å². The Hall–Kier alpha value is -3.03. The van der Waals surface area contributed by atoms with Crippen molar-refractivity contribution in [1.29, 1.82) is 0 Å². The van der Waals surface area contributed by atoms with E-state index in [2.05, 4.69) is 16.3 Å². The normalized spacial score (nSPS) is 12.1. The van der Waals surface area contributed by atoms with Crippen molar-refractivity contribution in [3.8, 4) is 11.5 Å². The zero-order valence-electron chi connectivity index (χ0n) is 16.5. The third-order valence-electron chi connectivity index (χ3n) is 4.36. The minimum Gasteiger partial charge on any atom is -0.491 e. The standard InChI is InChI=1S/C23H22N2O4S/c1-16-5-4-8-20(11-16)28-14-22-24-25-23(29-22)30-15-19(26)13-27-21-10-9-17-6-2-3-7-18(17)12-21/h2-12,19,26H,13-15H2,1H3. The Morgan fingerprint density at radius 2 is 1.77 bits per heavy atom. The van der Waals surface area contributed by atoms with Crippen LogP contribution >= 0.6 is 11.8 Å². The molecule has 1 unspecified atom stereocenters. The lowest BCUT2D eigenvalue weighted by Gasteiger charge is -2.11. The third kappa shape index (κ3) is 5.52. The summed E-state index contributed by atoms with van der Waals surface area (Å²) in [5.74, 6) is 2.25. The molecule has 0 spiro atoms. The van der Waals surface area contributed by atoms with E-state index in [-0.39, 0.29) is 13.2 Å². The Balaban J connectivity index is 1.22. The molecule has 7 heteroatoms. The summed E-state index contributed by atoms with van der Waals surface area (Å²) in [4.78, 5) is 0. The van der Waals surface area contributed by atoms with Gasteiger partial charge in [-0.2, -0.15) is 0 Å². The van der Waals surface area contributed by atoms with Crippen LogP contribution in [0.4, 0.5) is 0 Å². The lowest BCUT2D eigenvalue weighted by molar-refractivity contribution is 0.126. The number of nitrogens with zero attached hydrogens (tertiary/aromatic N) is 2. The number of fused-ring (bicyclic) bond motifs is 1. The average Bonchev–Trinajstić information content (AvgIpc) is 3.23. The maximum atomic E-state index is 10.2. The Morgan fingerprint density at radius 1 is 0.933 bits per heavy atom. The Kier molecular flexibility index (Phi) is 6.51. The van der Waals surface area contributed by atoms with Crippen molar-refractivity contribution < 1.29 is 19.0 Å². The number of rotatable bonds is 9. The number of hydrogen-bond donors (Lipinski definition) is 1.